The van der Waals surface area contributed by atoms with E-state index in [4.69, 9.17) is 8.92 Å². The molecule has 0 atom stereocenters. The van der Waals surface area contributed by atoms with Crippen molar-refractivity contribution in [2.24, 2.45) is 0 Å². The highest BCUT2D eigenvalue weighted by molar-refractivity contribution is 7.86. The Labute approximate surface area is 115 Å². The average molecular weight is 290 g/mol. The van der Waals surface area contributed by atoms with Crippen molar-refractivity contribution in [2.45, 2.75) is 31.8 Å². The van der Waals surface area contributed by atoms with E-state index < -0.39 is 10.1 Å². The summed E-state index contributed by atoms with van der Waals surface area (Å²) in [7, 11) is -3.45. The minimum Gasteiger partial charge on any atom is -0.490 e. The Morgan fingerprint density at radius 3 is 2.06 bits per heavy atom. The number of hydrogen-bond acceptors (Lipinski definition) is 4. The van der Waals surface area contributed by atoms with Crippen molar-refractivity contribution in [3.8, 4) is 11.5 Å². The Morgan fingerprint density at radius 2 is 1.56 bits per heavy atom. The molecule has 102 valence electrons. The molecule has 1 saturated carbocycles. The van der Waals surface area contributed by atoms with Crippen LogP contribution in [-0.2, 0) is 10.1 Å². The van der Waals surface area contributed by atoms with Crippen LogP contribution in [0.5, 0.6) is 11.5 Å². The summed E-state index contributed by atoms with van der Waals surface area (Å²) in [4.78, 5) is 0. The van der Waals surface area contributed by atoms with Crippen LogP contribution in [0.3, 0.4) is 0 Å². The van der Waals surface area contributed by atoms with Crippen molar-refractivity contribution in [1.82, 2.24) is 0 Å². The molecule has 1 aliphatic carbocycles. The Kier molecular flexibility index (Phi) is 5.34. The van der Waals surface area contributed by atoms with Gasteiger partial charge in [0.1, 0.15) is 11.5 Å². The summed E-state index contributed by atoms with van der Waals surface area (Å²) >= 11 is 0. The number of hydrogen-bond donors (Lipinski definition) is 0. The fraction of sp³-hybridized carbons (Fsp3) is 0.500. The average Bonchev–Trinajstić information content (AvgIpc) is 2.71. The van der Waals surface area contributed by atoms with Crippen LogP contribution in [0.2, 0.25) is 0 Å². The Balaban J connectivity index is 0.00000162. The molecule has 1 aliphatic rings. The van der Waals surface area contributed by atoms with Crippen molar-refractivity contribution in [1.29, 1.82) is 0 Å². The fourth-order valence-corrected chi connectivity index (χ4v) is 2.41. The lowest BCUT2D eigenvalue weighted by Crippen LogP contribution is -2.10. The van der Waals surface area contributed by atoms with Crippen LogP contribution >= 0.6 is 13.5 Å². The third kappa shape index (κ3) is 4.78. The molecule has 0 spiro atoms. The van der Waals surface area contributed by atoms with Crippen molar-refractivity contribution in [3.63, 3.8) is 0 Å². The Bertz CT molecular complexity index is 461. The third-order valence-electron chi connectivity index (χ3n) is 2.68. The first-order valence-electron chi connectivity index (χ1n) is 5.69. The second-order valence-corrected chi connectivity index (χ2v) is 5.86. The summed E-state index contributed by atoms with van der Waals surface area (Å²) in [6.45, 7) is 0. The first-order chi connectivity index (χ1) is 8.03. The molecule has 0 bridgehead atoms. The van der Waals surface area contributed by atoms with Gasteiger partial charge in [-0.1, -0.05) is 0 Å². The first kappa shape index (κ1) is 15.2. The fourth-order valence-electron chi connectivity index (χ4n) is 1.95. The van der Waals surface area contributed by atoms with Gasteiger partial charge < -0.3 is 8.92 Å². The number of benzene rings is 1. The topological polar surface area (TPSA) is 52.6 Å². The van der Waals surface area contributed by atoms with E-state index in [2.05, 4.69) is 0 Å². The molecule has 0 radical (unpaired) electrons. The molecule has 0 amide bonds. The molecule has 2 rings (SSSR count). The maximum Gasteiger partial charge on any atom is 0.306 e. The van der Waals surface area contributed by atoms with Gasteiger partial charge in [0, 0.05) is 0 Å². The predicted octanol–water partition coefficient (Wildman–Crippen LogP) is 2.46. The Morgan fingerprint density at radius 1 is 1.06 bits per heavy atom. The first-order valence-corrected chi connectivity index (χ1v) is 7.51. The van der Waals surface area contributed by atoms with Crippen molar-refractivity contribution in [3.05, 3.63) is 24.3 Å². The van der Waals surface area contributed by atoms with E-state index >= 15 is 0 Å². The summed E-state index contributed by atoms with van der Waals surface area (Å²) < 4.78 is 32.3. The smallest absolute Gasteiger partial charge is 0.306 e. The molecule has 1 fully saturated rings. The van der Waals surface area contributed by atoms with E-state index in [1.165, 1.54) is 12.8 Å². The van der Waals surface area contributed by atoms with Crippen LogP contribution in [0.1, 0.15) is 25.7 Å². The van der Waals surface area contributed by atoms with Crippen LogP contribution in [0.4, 0.5) is 0 Å². The summed E-state index contributed by atoms with van der Waals surface area (Å²) in [5.74, 6) is 1.07. The van der Waals surface area contributed by atoms with E-state index in [9.17, 15) is 8.42 Å². The minimum absolute atomic E-state index is 0. The summed E-state index contributed by atoms with van der Waals surface area (Å²) in [6.07, 6.45) is 5.97. The van der Waals surface area contributed by atoms with Gasteiger partial charge >= 0.3 is 10.1 Å². The molecular weight excluding hydrogens is 272 g/mol. The van der Waals surface area contributed by atoms with E-state index in [1.807, 2.05) is 0 Å². The lowest BCUT2D eigenvalue weighted by molar-refractivity contribution is 0.210. The molecule has 0 unspecified atom stereocenters. The predicted molar refractivity (Wildman–Crippen MR) is 75.2 cm³/mol. The molecule has 1 aromatic carbocycles. The normalized spacial score (nSPS) is 16.1. The maximum atomic E-state index is 10.9. The zero-order valence-electron chi connectivity index (χ0n) is 10.3. The Hall–Kier alpha value is -0.880. The molecule has 4 nitrogen and oxygen atoms in total. The molecule has 0 N–H and O–H groups in total. The van der Waals surface area contributed by atoms with E-state index in [1.54, 1.807) is 24.3 Å². The van der Waals surface area contributed by atoms with Crippen LogP contribution < -0.4 is 8.92 Å². The molecule has 1 aromatic rings. The summed E-state index contributed by atoms with van der Waals surface area (Å²) in [6, 6.07) is 6.67. The monoisotopic (exact) mass is 290 g/mol. The van der Waals surface area contributed by atoms with Crippen LogP contribution in [-0.4, -0.2) is 20.8 Å². The summed E-state index contributed by atoms with van der Waals surface area (Å²) in [5, 5.41) is 0. The number of rotatable bonds is 4. The third-order valence-corrected chi connectivity index (χ3v) is 3.17. The van der Waals surface area contributed by atoms with Gasteiger partial charge in [0.2, 0.25) is 0 Å². The molecule has 6 heteroatoms. The van der Waals surface area contributed by atoms with Crippen LogP contribution in [0.25, 0.3) is 0 Å². The standard InChI is InChI=1S/C12H16O4S.H2S/c1-17(13,14)16-12-8-6-11(7-9-12)15-10-4-2-3-5-10;/h6-10H,2-5H2,1H3;1H2. The highest BCUT2D eigenvalue weighted by Gasteiger charge is 2.16. The van der Waals surface area contributed by atoms with Gasteiger partial charge in [-0.2, -0.15) is 21.9 Å². The zero-order valence-corrected chi connectivity index (χ0v) is 12.1. The number of ether oxygens (including phenoxy) is 1. The van der Waals surface area contributed by atoms with Crippen LogP contribution in [0, 0.1) is 0 Å². The van der Waals surface area contributed by atoms with E-state index in [0.717, 1.165) is 24.8 Å². The van der Waals surface area contributed by atoms with Crippen molar-refractivity contribution >= 4 is 23.6 Å². The highest BCUT2D eigenvalue weighted by Crippen LogP contribution is 2.25. The van der Waals surface area contributed by atoms with Crippen LogP contribution in [0.15, 0.2) is 24.3 Å². The second kappa shape index (κ2) is 6.33. The van der Waals surface area contributed by atoms with Gasteiger partial charge in [-0.05, 0) is 49.9 Å². The van der Waals surface area contributed by atoms with Gasteiger partial charge in [-0.3, -0.25) is 0 Å². The largest absolute Gasteiger partial charge is 0.490 e. The minimum atomic E-state index is -3.45. The van der Waals surface area contributed by atoms with Gasteiger partial charge in [-0.25, -0.2) is 0 Å². The second-order valence-electron chi connectivity index (χ2n) is 4.28. The van der Waals surface area contributed by atoms with Gasteiger partial charge in [0.05, 0.1) is 12.4 Å². The SMILES string of the molecule is CS(=O)(=O)Oc1ccc(OC2CCCC2)cc1.S. The quantitative estimate of drug-likeness (QED) is 0.799. The maximum absolute atomic E-state index is 10.9. The van der Waals surface area contributed by atoms with Gasteiger partial charge in [0.25, 0.3) is 0 Å². The van der Waals surface area contributed by atoms with Gasteiger partial charge in [-0.15, -0.1) is 0 Å². The molecule has 18 heavy (non-hydrogen) atoms. The lowest BCUT2D eigenvalue weighted by atomic mass is 10.3. The van der Waals surface area contributed by atoms with E-state index in [-0.39, 0.29) is 13.5 Å². The summed E-state index contributed by atoms with van der Waals surface area (Å²) in [5.41, 5.74) is 0. The zero-order chi connectivity index (χ0) is 12.3. The van der Waals surface area contributed by atoms with E-state index in [0.29, 0.717) is 11.9 Å². The molecule has 0 heterocycles. The van der Waals surface area contributed by atoms with Crippen molar-refractivity contribution in [2.75, 3.05) is 6.26 Å². The molecular formula is C12H18O4S2. The highest BCUT2D eigenvalue weighted by atomic mass is 32.2. The lowest BCUT2D eigenvalue weighted by Gasteiger charge is -2.13. The van der Waals surface area contributed by atoms with Gasteiger partial charge in [0.15, 0.2) is 0 Å². The molecule has 0 saturated heterocycles. The molecule has 0 aromatic heterocycles. The molecule has 0 aliphatic heterocycles. The van der Waals surface area contributed by atoms with Crippen molar-refractivity contribution < 1.29 is 17.3 Å².